The van der Waals surface area contributed by atoms with Crippen molar-refractivity contribution in [2.24, 2.45) is 0 Å². The van der Waals surface area contributed by atoms with Gasteiger partial charge in [0.2, 0.25) is 5.91 Å². The van der Waals surface area contributed by atoms with E-state index in [0.717, 1.165) is 12.3 Å². The summed E-state index contributed by atoms with van der Waals surface area (Å²) in [6.45, 7) is 0.781. The Morgan fingerprint density at radius 2 is 2.31 bits per heavy atom. The topological polar surface area (TPSA) is 41.6 Å². The van der Waals surface area contributed by atoms with Gasteiger partial charge in [0.05, 0.1) is 13.2 Å². The van der Waals surface area contributed by atoms with Crippen molar-refractivity contribution >= 4 is 18.3 Å². The number of carbonyl (C=O) groups excluding carboxylic acids is 1. The average Bonchev–Trinajstić information content (AvgIpc) is 2.72. The molecule has 1 atom stereocenters. The molecule has 1 aromatic carbocycles. The highest BCUT2D eigenvalue weighted by Crippen LogP contribution is 2.38. The monoisotopic (exact) mass is 240 g/mol. The zero-order valence-corrected chi connectivity index (χ0v) is 9.71. The van der Waals surface area contributed by atoms with Gasteiger partial charge in [0.1, 0.15) is 5.75 Å². The molecule has 2 heterocycles. The number of rotatable bonds is 1. The minimum absolute atomic E-state index is 0. The maximum absolute atomic E-state index is 11.2. The smallest absolute Gasteiger partial charge is 0.236 e. The summed E-state index contributed by atoms with van der Waals surface area (Å²) in [6.07, 6.45) is 0.569. The maximum atomic E-state index is 11.2. The molecule has 1 N–H and O–H groups in total. The molecule has 2 aliphatic heterocycles. The van der Waals surface area contributed by atoms with Gasteiger partial charge in [-0.3, -0.25) is 10.2 Å². The third-order valence-electron chi connectivity index (χ3n) is 3.07. The van der Waals surface area contributed by atoms with Gasteiger partial charge in [0, 0.05) is 13.0 Å². The van der Waals surface area contributed by atoms with Crippen LogP contribution in [0.1, 0.15) is 23.6 Å². The van der Waals surface area contributed by atoms with E-state index < -0.39 is 0 Å². The van der Waals surface area contributed by atoms with Crippen LogP contribution in [0.15, 0.2) is 18.2 Å². The van der Waals surface area contributed by atoms with Crippen LogP contribution in [0.25, 0.3) is 0 Å². The molecule has 4 nitrogen and oxygen atoms in total. The van der Waals surface area contributed by atoms with Gasteiger partial charge in [0.25, 0.3) is 0 Å². The van der Waals surface area contributed by atoms with Gasteiger partial charge in [-0.1, -0.05) is 6.07 Å². The first kappa shape index (κ1) is 11.2. The molecule has 0 spiro atoms. The van der Waals surface area contributed by atoms with E-state index in [0.29, 0.717) is 6.42 Å². The predicted octanol–water partition coefficient (Wildman–Crippen LogP) is 1.41. The summed E-state index contributed by atoms with van der Waals surface area (Å²) < 4.78 is 5.18. The average molecular weight is 241 g/mol. The van der Waals surface area contributed by atoms with Crippen LogP contribution < -0.4 is 10.2 Å². The van der Waals surface area contributed by atoms with Gasteiger partial charge in [-0.15, -0.1) is 12.4 Å². The Bertz CT molecular complexity index is 436. The van der Waals surface area contributed by atoms with Crippen molar-refractivity contribution in [1.29, 1.82) is 0 Å². The third-order valence-corrected chi connectivity index (χ3v) is 3.07. The molecule has 86 valence electrons. The lowest BCUT2D eigenvalue weighted by molar-refractivity contribution is -0.121. The van der Waals surface area contributed by atoms with Crippen molar-refractivity contribution in [3.05, 3.63) is 29.3 Å². The van der Waals surface area contributed by atoms with Gasteiger partial charge in [-0.05, 0) is 23.3 Å². The summed E-state index contributed by atoms with van der Waals surface area (Å²) in [5.41, 5.74) is 5.35. The minimum atomic E-state index is 0. The Morgan fingerprint density at radius 1 is 1.50 bits per heavy atom. The molecule has 3 rings (SSSR count). The largest absolute Gasteiger partial charge is 0.497 e. The SMILES string of the molecule is COc1ccc2c(c1)CN1NC(=O)CC21.Cl. The first-order valence-corrected chi connectivity index (χ1v) is 5.01. The molecule has 0 aromatic heterocycles. The van der Waals surface area contributed by atoms with Crippen molar-refractivity contribution < 1.29 is 9.53 Å². The summed E-state index contributed by atoms with van der Waals surface area (Å²) in [7, 11) is 1.67. The molecule has 0 radical (unpaired) electrons. The van der Waals surface area contributed by atoms with Gasteiger partial charge in [-0.25, -0.2) is 5.01 Å². The zero-order chi connectivity index (χ0) is 10.4. The molecule has 1 amide bonds. The number of amides is 1. The maximum Gasteiger partial charge on any atom is 0.236 e. The van der Waals surface area contributed by atoms with Gasteiger partial charge < -0.3 is 4.74 Å². The van der Waals surface area contributed by atoms with E-state index in [2.05, 4.69) is 11.5 Å². The summed E-state index contributed by atoms with van der Waals surface area (Å²) in [5.74, 6) is 0.989. The van der Waals surface area contributed by atoms with E-state index in [1.807, 2.05) is 17.1 Å². The number of ether oxygens (including phenoxy) is 1. The van der Waals surface area contributed by atoms with Crippen LogP contribution in [0, 0.1) is 0 Å². The van der Waals surface area contributed by atoms with Crippen LogP contribution in [0.3, 0.4) is 0 Å². The van der Waals surface area contributed by atoms with Crippen LogP contribution in [-0.4, -0.2) is 18.0 Å². The lowest BCUT2D eigenvalue weighted by Crippen LogP contribution is -2.30. The van der Waals surface area contributed by atoms with Crippen molar-refractivity contribution in [1.82, 2.24) is 10.4 Å². The molecule has 0 bridgehead atoms. The number of fused-ring (bicyclic) bond motifs is 3. The second-order valence-corrected chi connectivity index (χ2v) is 3.95. The molecule has 1 saturated heterocycles. The highest BCUT2D eigenvalue weighted by molar-refractivity contribution is 5.85. The number of halogens is 1. The van der Waals surface area contributed by atoms with E-state index in [1.165, 1.54) is 11.1 Å². The molecule has 1 fully saturated rings. The number of nitrogens with one attached hydrogen (secondary N) is 1. The Morgan fingerprint density at radius 3 is 3.06 bits per heavy atom. The van der Waals surface area contributed by atoms with E-state index in [4.69, 9.17) is 4.74 Å². The molecule has 0 saturated carbocycles. The minimum Gasteiger partial charge on any atom is -0.497 e. The normalized spacial score (nSPS) is 22.1. The summed E-state index contributed by atoms with van der Waals surface area (Å²) in [6, 6.07) is 6.27. The van der Waals surface area contributed by atoms with Crippen LogP contribution in [0.4, 0.5) is 0 Å². The van der Waals surface area contributed by atoms with Crippen molar-refractivity contribution in [3.63, 3.8) is 0 Å². The Balaban J connectivity index is 0.000000963. The van der Waals surface area contributed by atoms with E-state index >= 15 is 0 Å². The van der Waals surface area contributed by atoms with Crippen molar-refractivity contribution in [2.45, 2.75) is 19.0 Å². The fourth-order valence-electron chi connectivity index (χ4n) is 2.35. The molecule has 5 heteroatoms. The third kappa shape index (κ3) is 1.54. The van der Waals surface area contributed by atoms with Gasteiger partial charge in [-0.2, -0.15) is 0 Å². The summed E-state index contributed by atoms with van der Waals surface area (Å²) in [5, 5.41) is 1.99. The number of methoxy groups -OCH3 is 1. The number of benzene rings is 1. The zero-order valence-electron chi connectivity index (χ0n) is 8.90. The Labute approximate surface area is 100.0 Å². The number of carbonyl (C=O) groups is 1. The molecule has 1 unspecified atom stereocenters. The van der Waals surface area contributed by atoms with Crippen LogP contribution in [-0.2, 0) is 11.3 Å². The Hall–Kier alpha value is -1.26. The lowest BCUT2D eigenvalue weighted by Gasteiger charge is -2.12. The highest BCUT2D eigenvalue weighted by Gasteiger charge is 2.37. The van der Waals surface area contributed by atoms with E-state index in [9.17, 15) is 4.79 Å². The number of hydrogen-bond acceptors (Lipinski definition) is 3. The standard InChI is InChI=1S/C11H12N2O2.ClH/c1-15-8-2-3-9-7(4-8)6-13-10(9)5-11(14)12-13;/h2-4,10H,5-6H2,1H3,(H,12,14);1H. The predicted molar refractivity (Wildman–Crippen MR) is 61.3 cm³/mol. The lowest BCUT2D eigenvalue weighted by atomic mass is 10.0. The van der Waals surface area contributed by atoms with Crippen LogP contribution in [0.5, 0.6) is 5.75 Å². The number of nitrogens with zero attached hydrogens (tertiary/aromatic N) is 1. The highest BCUT2D eigenvalue weighted by atomic mass is 35.5. The van der Waals surface area contributed by atoms with E-state index in [1.54, 1.807) is 7.11 Å². The van der Waals surface area contributed by atoms with Crippen molar-refractivity contribution in [3.8, 4) is 5.75 Å². The molecule has 1 aromatic rings. The van der Waals surface area contributed by atoms with Crippen molar-refractivity contribution in [2.75, 3.05) is 7.11 Å². The molecular weight excluding hydrogens is 228 g/mol. The molecule has 0 aliphatic carbocycles. The fourth-order valence-corrected chi connectivity index (χ4v) is 2.35. The molecule has 16 heavy (non-hydrogen) atoms. The fraction of sp³-hybridized carbons (Fsp3) is 0.364. The van der Waals surface area contributed by atoms with Crippen LogP contribution >= 0.6 is 12.4 Å². The quantitative estimate of drug-likeness (QED) is 0.807. The Kier molecular flexibility index (Phi) is 2.78. The summed E-state index contributed by atoms with van der Waals surface area (Å²) in [4.78, 5) is 11.2. The van der Waals surface area contributed by atoms with E-state index in [-0.39, 0.29) is 24.4 Å². The molecular formula is C11H13ClN2O2. The van der Waals surface area contributed by atoms with Gasteiger partial charge >= 0.3 is 0 Å². The second-order valence-electron chi connectivity index (χ2n) is 3.95. The number of hydrazine groups is 1. The van der Waals surface area contributed by atoms with Gasteiger partial charge in [0.15, 0.2) is 0 Å². The second kappa shape index (κ2) is 3.96. The summed E-state index contributed by atoms with van der Waals surface area (Å²) >= 11 is 0. The number of hydrogen-bond donors (Lipinski definition) is 1. The first-order valence-electron chi connectivity index (χ1n) is 5.01. The molecule has 2 aliphatic rings. The van der Waals surface area contributed by atoms with Crippen LogP contribution in [0.2, 0.25) is 0 Å². The first-order chi connectivity index (χ1) is 7.28.